The van der Waals surface area contributed by atoms with Crippen LogP contribution in [0.3, 0.4) is 0 Å². The van der Waals surface area contributed by atoms with Crippen molar-refractivity contribution in [2.24, 2.45) is 23.7 Å². The average Bonchev–Trinajstić information content (AvgIpc) is 2.48. The maximum absolute atomic E-state index is 10.3. The molecule has 0 aliphatic heterocycles. The molecule has 0 bridgehead atoms. The van der Waals surface area contributed by atoms with E-state index in [1.807, 2.05) is 0 Å². The fourth-order valence-corrected chi connectivity index (χ4v) is 2.36. The smallest absolute Gasteiger partial charge is 0.120 e. The van der Waals surface area contributed by atoms with Gasteiger partial charge in [-0.3, -0.25) is 0 Å². The molecule has 0 aromatic heterocycles. The van der Waals surface area contributed by atoms with E-state index in [1.54, 1.807) is 0 Å². The van der Waals surface area contributed by atoms with E-state index >= 15 is 0 Å². The molecule has 0 aromatic carbocycles. The number of carbonyl (C=O) groups excluding carboxylic acids is 1. The quantitative estimate of drug-likeness (QED) is 0.379. The maximum atomic E-state index is 10.3. The lowest BCUT2D eigenvalue weighted by Gasteiger charge is -2.22. The Labute approximate surface area is 135 Å². The molecule has 0 saturated carbocycles. The molecule has 0 aliphatic rings. The molecular formula is C20H42O. The highest BCUT2D eigenvalue weighted by atomic mass is 16.1. The second kappa shape index (κ2) is 16.0. The molecule has 0 spiro atoms. The molecule has 0 N–H and O–H groups in total. The van der Waals surface area contributed by atoms with E-state index in [4.69, 9.17) is 0 Å². The summed E-state index contributed by atoms with van der Waals surface area (Å²) in [5.74, 6) is 3.26. The molecule has 0 aliphatic carbocycles. The van der Waals surface area contributed by atoms with Gasteiger partial charge >= 0.3 is 0 Å². The van der Waals surface area contributed by atoms with Crippen molar-refractivity contribution in [2.75, 3.05) is 0 Å². The lowest BCUT2D eigenvalue weighted by Crippen LogP contribution is -2.11. The predicted octanol–water partition coefficient (Wildman–Crippen LogP) is 6.90. The molecule has 0 rings (SSSR count). The summed E-state index contributed by atoms with van der Waals surface area (Å²) in [5, 5.41) is 0. The molecule has 0 radical (unpaired) electrons. The molecule has 128 valence electrons. The molecule has 0 saturated heterocycles. The van der Waals surface area contributed by atoms with Crippen LogP contribution < -0.4 is 0 Å². The van der Waals surface area contributed by atoms with Crippen LogP contribution in [0.2, 0.25) is 0 Å². The van der Waals surface area contributed by atoms with Gasteiger partial charge < -0.3 is 4.79 Å². The Balaban J connectivity index is 0. The number of hydrogen-bond donors (Lipinski definition) is 0. The number of hydrogen-bond acceptors (Lipinski definition) is 1. The SMILES string of the molecule is CCC.CCC(C)CCC(C)C(C)CCC(C)CCC=O. The third-order valence-electron chi connectivity index (χ3n) is 4.68. The zero-order valence-electron chi connectivity index (χ0n) is 16.0. The van der Waals surface area contributed by atoms with Gasteiger partial charge in [-0.2, -0.15) is 0 Å². The summed E-state index contributed by atoms with van der Waals surface area (Å²) in [5.41, 5.74) is 0. The van der Waals surface area contributed by atoms with Crippen molar-refractivity contribution in [3.63, 3.8) is 0 Å². The second-order valence-corrected chi connectivity index (χ2v) is 7.18. The van der Waals surface area contributed by atoms with Crippen molar-refractivity contribution in [1.82, 2.24) is 0 Å². The normalized spacial score (nSPS) is 16.3. The molecule has 1 heteroatoms. The Hall–Kier alpha value is -0.330. The summed E-state index contributed by atoms with van der Waals surface area (Å²) in [7, 11) is 0. The number of aldehydes is 1. The first kappa shape index (κ1) is 22.9. The van der Waals surface area contributed by atoms with Gasteiger partial charge in [0.2, 0.25) is 0 Å². The summed E-state index contributed by atoms with van der Waals surface area (Å²) in [4.78, 5) is 10.3. The summed E-state index contributed by atoms with van der Waals surface area (Å²) in [6, 6.07) is 0. The van der Waals surface area contributed by atoms with Crippen molar-refractivity contribution in [3.8, 4) is 0 Å². The number of carbonyl (C=O) groups is 1. The second-order valence-electron chi connectivity index (χ2n) is 7.18. The van der Waals surface area contributed by atoms with E-state index in [9.17, 15) is 4.79 Å². The van der Waals surface area contributed by atoms with E-state index in [0.29, 0.717) is 5.92 Å². The molecule has 1 nitrogen and oxygen atoms in total. The average molecular weight is 299 g/mol. The summed E-state index contributed by atoms with van der Waals surface area (Å²) in [6.07, 6.45) is 10.8. The standard InChI is InChI=1S/C17H34O.C3H8/c1-6-14(2)9-11-16(4)17(5)12-10-15(3)8-7-13-18;1-3-2/h13-17H,6-12H2,1-5H3;3H2,1-2H3. The van der Waals surface area contributed by atoms with Gasteiger partial charge in [0.05, 0.1) is 0 Å². The molecule has 4 unspecified atom stereocenters. The van der Waals surface area contributed by atoms with Gasteiger partial charge in [-0.15, -0.1) is 0 Å². The van der Waals surface area contributed by atoms with E-state index in [1.165, 1.54) is 38.5 Å². The van der Waals surface area contributed by atoms with Crippen LogP contribution in [0.4, 0.5) is 0 Å². The van der Waals surface area contributed by atoms with Crippen LogP contribution in [0.5, 0.6) is 0 Å². The van der Waals surface area contributed by atoms with E-state index in [0.717, 1.165) is 36.9 Å². The Morgan fingerprint density at radius 3 is 1.52 bits per heavy atom. The van der Waals surface area contributed by atoms with E-state index in [-0.39, 0.29) is 0 Å². The fourth-order valence-electron chi connectivity index (χ4n) is 2.36. The van der Waals surface area contributed by atoms with Crippen LogP contribution in [0.1, 0.15) is 99.8 Å². The van der Waals surface area contributed by atoms with Crippen LogP contribution in [0.25, 0.3) is 0 Å². The van der Waals surface area contributed by atoms with E-state index < -0.39 is 0 Å². The molecule has 0 aromatic rings. The molecule has 0 fully saturated rings. The molecule has 0 amide bonds. The minimum absolute atomic E-state index is 0.708. The van der Waals surface area contributed by atoms with Gasteiger partial charge in [-0.1, -0.05) is 87.0 Å². The van der Waals surface area contributed by atoms with Crippen LogP contribution in [0, 0.1) is 23.7 Å². The molecule has 0 heterocycles. The summed E-state index contributed by atoms with van der Waals surface area (Å²) >= 11 is 0. The first-order valence-electron chi connectivity index (χ1n) is 9.36. The predicted molar refractivity (Wildman–Crippen MR) is 96.7 cm³/mol. The van der Waals surface area contributed by atoms with Gasteiger partial charge in [-0.05, 0) is 30.1 Å². The Morgan fingerprint density at radius 1 is 0.714 bits per heavy atom. The highest BCUT2D eigenvalue weighted by Gasteiger charge is 2.14. The van der Waals surface area contributed by atoms with Crippen molar-refractivity contribution >= 4 is 6.29 Å². The van der Waals surface area contributed by atoms with Crippen molar-refractivity contribution in [2.45, 2.75) is 99.8 Å². The van der Waals surface area contributed by atoms with Crippen LogP contribution in [-0.4, -0.2) is 6.29 Å². The Kier molecular flexibility index (Phi) is 17.5. The third-order valence-corrected chi connectivity index (χ3v) is 4.68. The molecule has 4 atom stereocenters. The molecule has 21 heavy (non-hydrogen) atoms. The van der Waals surface area contributed by atoms with Gasteiger partial charge in [-0.25, -0.2) is 0 Å². The van der Waals surface area contributed by atoms with Gasteiger partial charge in [0.15, 0.2) is 0 Å². The third kappa shape index (κ3) is 15.9. The van der Waals surface area contributed by atoms with E-state index in [2.05, 4.69) is 48.5 Å². The van der Waals surface area contributed by atoms with Crippen molar-refractivity contribution in [1.29, 1.82) is 0 Å². The fraction of sp³-hybridized carbons (Fsp3) is 0.950. The molecular weight excluding hydrogens is 256 g/mol. The van der Waals surface area contributed by atoms with Crippen LogP contribution in [-0.2, 0) is 4.79 Å². The minimum atomic E-state index is 0.708. The highest BCUT2D eigenvalue weighted by molar-refractivity contribution is 5.49. The first-order chi connectivity index (χ1) is 9.92. The zero-order chi connectivity index (χ0) is 16.7. The van der Waals surface area contributed by atoms with Gasteiger partial charge in [0, 0.05) is 6.42 Å². The summed E-state index contributed by atoms with van der Waals surface area (Å²) < 4.78 is 0. The van der Waals surface area contributed by atoms with Gasteiger partial charge in [0.25, 0.3) is 0 Å². The van der Waals surface area contributed by atoms with Crippen LogP contribution >= 0.6 is 0 Å². The minimum Gasteiger partial charge on any atom is -0.303 e. The largest absolute Gasteiger partial charge is 0.303 e. The van der Waals surface area contributed by atoms with Crippen LogP contribution in [0.15, 0.2) is 0 Å². The van der Waals surface area contributed by atoms with Gasteiger partial charge in [0.1, 0.15) is 6.29 Å². The maximum Gasteiger partial charge on any atom is 0.120 e. The van der Waals surface area contributed by atoms with Crippen molar-refractivity contribution in [3.05, 3.63) is 0 Å². The number of rotatable bonds is 11. The zero-order valence-corrected chi connectivity index (χ0v) is 16.0. The summed E-state index contributed by atoms with van der Waals surface area (Å²) in [6.45, 7) is 16.0. The lowest BCUT2D eigenvalue weighted by atomic mass is 9.84. The lowest BCUT2D eigenvalue weighted by molar-refractivity contribution is -0.108. The van der Waals surface area contributed by atoms with Crippen molar-refractivity contribution < 1.29 is 4.79 Å². The topological polar surface area (TPSA) is 17.1 Å². The Bertz CT molecular complexity index is 212. The Morgan fingerprint density at radius 2 is 1.14 bits per heavy atom. The first-order valence-corrected chi connectivity index (χ1v) is 9.36. The highest BCUT2D eigenvalue weighted by Crippen LogP contribution is 2.26. The monoisotopic (exact) mass is 298 g/mol.